The Bertz CT molecular complexity index is 752. The molecule has 0 fully saturated rings. The molecule has 2 aromatic rings. The molecular weight excluding hydrogens is 396 g/mol. The predicted molar refractivity (Wildman–Crippen MR) is 97.5 cm³/mol. The summed E-state index contributed by atoms with van der Waals surface area (Å²) in [6, 6.07) is 12.5. The van der Waals surface area contributed by atoms with Gasteiger partial charge >= 0.3 is 0 Å². The van der Waals surface area contributed by atoms with Crippen LogP contribution in [0.4, 0.5) is 5.69 Å². The van der Waals surface area contributed by atoms with Gasteiger partial charge in [0.1, 0.15) is 5.75 Å². The highest BCUT2D eigenvalue weighted by Crippen LogP contribution is 2.25. The van der Waals surface area contributed by atoms with E-state index < -0.39 is 5.91 Å². The van der Waals surface area contributed by atoms with Crippen LogP contribution in [0.1, 0.15) is 5.56 Å². The first-order valence-corrected chi connectivity index (χ1v) is 8.33. The Morgan fingerprint density at radius 2 is 1.92 bits per heavy atom. The number of rotatable bonds is 6. The summed E-state index contributed by atoms with van der Waals surface area (Å²) in [6.07, 6.45) is 0. The first-order valence-electron chi connectivity index (χ1n) is 7.16. The number of amides is 2. The van der Waals surface area contributed by atoms with Crippen LogP contribution in [0.5, 0.6) is 5.75 Å². The molecule has 2 amide bonds. The van der Waals surface area contributed by atoms with Gasteiger partial charge in [-0.15, -0.1) is 0 Å². The molecule has 2 rings (SSSR count). The quantitative estimate of drug-likeness (QED) is 0.764. The molecule has 0 aliphatic rings. The minimum Gasteiger partial charge on any atom is -0.482 e. The van der Waals surface area contributed by atoms with E-state index in [-0.39, 0.29) is 19.1 Å². The van der Waals surface area contributed by atoms with Crippen LogP contribution in [-0.2, 0) is 9.59 Å². The molecule has 0 unspecified atom stereocenters. The molecule has 0 saturated carbocycles. The van der Waals surface area contributed by atoms with Crippen LogP contribution in [0, 0.1) is 6.92 Å². The zero-order chi connectivity index (χ0) is 17.5. The molecule has 2 aromatic carbocycles. The predicted octanol–water partition coefficient (Wildman–Crippen LogP) is 3.54. The van der Waals surface area contributed by atoms with Gasteiger partial charge in [-0.1, -0.05) is 29.8 Å². The molecule has 0 saturated heterocycles. The fourth-order valence-corrected chi connectivity index (χ4v) is 2.41. The van der Waals surface area contributed by atoms with Gasteiger partial charge in [-0.05, 0) is 52.7 Å². The second-order valence-electron chi connectivity index (χ2n) is 5.03. The van der Waals surface area contributed by atoms with Crippen LogP contribution >= 0.6 is 27.5 Å². The normalized spacial score (nSPS) is 10.1. The average Bonchev–Trinajstić information content (AvgIpc) is 2.56. The van der Waals surface area contributed by atoms with Gasteiger partial charge in [0.2, 0.25) is 5.91 Å². The zero-order valence-corrected chi connectivity index (χ0v) is 15.3. The first-order chi connectivity index (χ1) is 11.5. The van der Waals surface area contributed by atoms with Crippen LogP contribution in [0.3, 0.4) is 0 Å². The van der Waals surface area contributed by atoms with E-state index in [9.17, 15) is 9.59 Å². The molecular formula is C17H16BrClN2O3. The Morgan fingerprint density at radius 1 is 1.17 bits per heavy atom. The van der Waals surface area contributed by atoms with Crippen LogP contribution in [0.2, 0.25) is 5.02 Å². The summed E-state index contributed by atoms with van der Waals surface area (Å²) in [4.78, 5) is 23.6. The molecule has 5 nitrogen and oxygen atoms in total. The van der Waals surface area contributed by atoms with Crippen molar-refractivity contribution in [3.63, 3.8) is 0 Å². The van der Waals surface area contributed by atoms with Crippen molar-refractivity contribution in [2.45, 2.75) is 6.92 Å². The molecule has 7 heteroatoms. The van der Waals surface area contributed by atoms with Crippen LogP contribution in [-0.4, -0.2) is 25.0 Å². The van der Waals surface area contributed by atoms with Crippen LogP contribution in [0.25, 0.3) is 0 Å². The highest BCUT2D eigenvalue weighted by atomic mass is 79.9. The zero-order valence-electron chi connectivity index (χ0n) is 12.9. The number of nitrogens with one attached hydrogen (secondary N) is 2. The highest BCUT2D eigenvalue weighted by Gasteiger charge is 2.09. The summed E-state index contributed by atoms with van der Waals surface area (Å²) in [5.41, 5.74) is 1.61. The molecule has 0 radical (unpaired) electrons. The van der Waals surface area contributed by atoms with Gasteiger partial charge in [0, 0.05) is 4.47 Å². The number of halogens is 2. The van der Waals surface area contributed by atoms with Gasteiger partial charge in [0.25, 0.3) is 5.91 Å². The molecule has 0 aliphatic carbocycles. The molecule has 0 bridgehead atoms. The van der Waals surface area contributed by atoms with Crippen molar-refractivity contribution in [3.8, 4) is 5.75 Å². The van der Waals surface area contributed by atoms with Crippen molar-refractivity contribution in [2.75, 3.05) is 18.5 Å². The lowest BCUT2D eigenvalue weighted by atomic mass is 10.2. The highest BCUT2D eigenvalue weighted by molar-refractivity contribution is 9.10. The maximum atomic E-state index is 11.8. The number of aryl methyl sites for hydroxylation is 1. The van der Waals surface area contributed by atoms with Crippen molar-refractivity contribution < 1.29 is 14.3 Å². The number of hydrogen-bond donors (Lipinski definition) is 2. The Kier molecular flexibility index (Phi) is 6.63. The number of para-hydroxylation sites is 1. The Hall–Kier alpha value is -2.05. The number of hydrogen-bond acceptors (Lipinski definition) is 3. The van der Waals surface area contributed by atoms with E-state index in [0.717, 1.165) is 10.0 Å². The van der Waals surface area contributed by atoms with Crippen molar-refractivity contribution in [3.05, 3.63) is 57.5 Å². The van der Waals surface area contributed by atoms with E-state index >= 15 is 0 Å². The average molecular weight is 412 g/mol. The lowest BCUT2D eigenvalue weighted by Crippen LogP contribution is -2.35. The molecule has 24 heavy (non-hydrogen) atoms. The fourth-order valence-electron chi connectivity index (χ4n) is 1.85. The maximum Gasteiger partial charge on any atom is 0.258 e. The molecule has 126 valence electrons. The Labute approximate surface area is 153 Å². The summed E-state index contributed by atoms with van der Waals surface area (Å²) in [5, 5.41) is 5.62. The Morgan fingerprint density at radius 3 is 2.67 bits per heavy atom. The van der Waals surface area contributed by atoms with Crippen LogP contribution in [0.15, 0.2) is 46.9 Å². The summed E-state index contributed by atoms with van der Waals surface area (Å²) >= 11 is 9.32. The summed E-state index contributed by atoms with van der Waals surface area (Å²) in [6.45, 7) is 1.53. The van der Waals surface area contributed by atoms with Gasteiger partial charge < -0.3 is 15.4 Å². The van der Waals surface area contributed by atoms with E-state index in [1.54, 1.807) is 24.3 Å². The lowest BCUT2D eigenvalue weighted by molar-refractivity contribution is -0.125. The SMILES string of the molecule is Cc1ccc(Cl)c(OCC(=O)NCC(=O)Nc2ccccc2Br)c1. The van der Waals surface area contributed by atoms with Crippen molar-refractivity contribution in [2.24, 2.45) is 0 Å². The number of carbonyl (C=O) groups is 2. The van der Waals surface area contributed by atoms with Crippen LogP contribution < -0.4 is 15.4 Å². The number of benzene rings is 2. The summed E-state index contributed by atoms with van der Waals surface area (Å²) in [5.74, 6) is -0.303. The smallest absolute Gasteiger partial charge is 0.258 e. The first kappa shape index (κ1) is 18.3. The van der Waals surface area contributed by atoms with Crippen molar-refractivity contribution >= 4 is 45.0 Å². The topological polar surface area (TPSA) is 67.4 Å². The molecule has 2 N–H and O–H groups in total. The van der Waals surface area contributed by atoms with Gasteiger partial charge in [0.05, 0.1) is 17.3 Å². The number of carbonyl (C=O) groups excluding carboxylic acids is 2. The largest absolute Gasteiger partial charge is 0.482 e. The third-order valence-corrected chi connectivity index (χ3v) is 4.04. The minimum atomic E-state index is -0.408. The second kappa shape index (κ2) is 8.70. The number of anilines is 1. The second-order valence-corrected chi connectivity index (χ2v) is 6.29. The van der Waals surface area contributed by atoms with E-state index in [2.05, 4.69) is 26.6 Å². The summed E-state index contributed by atoms with van der Waals surface area (Å²) < 4.78 is 6.13. The van der Waals surface area contributed by atoms with E-state index in [0.29, 0.717) is 16.5 Å². The third-order valence-electron chi connectivity index (χ3n) is 3.04. The lowest BCUT2D eigenvalue weighted by Gasteiger charge is -2.10. The minimum absolute atomic E-state index is 0.148. The maximum absolute atomic E-state index is 11.8. The molecule has 0 aromatic heterocycles. The van der Waals surface area contributed by atoms with Gasteiger partial charge in [-0.2, -0.15) is 0 Å². The molecule has 0 spiro atoms. The number of ether oxygens (including phenoxy) is 1. The molecule has 0 heterocycles. The van der Waals surface area contributed by atoms with Gasteiger partial charge in [0.15, 0.2) is 6.61 Å². The molecule has 0 atom stereocenters. The summed E-state index contributed by atoms with van der Waals surface area (Å²) in [7, 11) is 0. The van der Waals surface area contributed by atoms with Crippen molar-refractivity contribution in [1.82, 2.24) is 5.32 Å². The van der Waals surface area contributed by atoms with E-state index in [1.165, 1.54) is 0 Å². The van der Waals surface area contributed by atoms with Crippen molar-refractivity contribution in [1.29, 1.82) is 0 Å². The van der Waals surface area contributed by atoms with E-state index in [1.807, 2.05) is 25.1 Å². The van der Waals surface area contributed by atoms with E-state index in [4.69, 9.17) is 16.3 Å². The van der Waals surface area contributed by atoms with Gasteiger partial charge in [-0.25, -0.2) is 0 Å². The standard InChI is InChI=1S/C17H16BrClN2O3/c1-11-6-7-13(19)15(8-11)24-10-17(23)20-9-16(22)21-14-5-3-2-4-12(14)18/h2-8H,9-10H2,1H3,(H,20,23)(H,21,22). The molecule has 0 aliphatic heterocycles. The monoisotopic (exact) mass is 410 g/mol. The third kappa shape index (κ3) is 5.54. The van der Waals surface area contributed by atoms with Gasteiger partial charge in [-0.3, -0.25) is 9.59 Å². The Balaban J connectivity index is 1.77. The fraction of sp³-hybridized carbons (Fsp3) is 0.176.